The average Bonchev–Trinajstić information content (AvgIpc) is 2.19. The lowest BCUT2D eigenvalue weighted by molar-refractivity contribution is 0.0697. The molecule has 0 aliphatic rings. The molecule has 0 saturated carbocycles. The third-order valence-electron chi connectivity index (χ3n) is 2.12. The number of thioether (sulfide) groups is 1. The number of pyridine rings is 1. The molecule has 0 atom stereocenters. The van der Waals surface area contributed by atoms with E-state index in [1.165, 1.54) is 24.0 Å². The first-order chi connectivity index (χ1) is 7.52. The van der Waals surface area contributed by atoms with Crippen molar-refractivity contribution in [3.63, 3.8) is 0 Å². The van der Waals surface area contributed by atoms with E-state index in [0.29, 0.717) is 10.9 Å². The molecule has 0 aliphatic heterocycles. The molecule has 0 bridgehead atoms. The van der Waals surface area contributed by atoms with E-state index < -0.39 is 5.97 Å². The van der Waals surface area contributed by atoms with E-state index in [-0.39, 0.29) is 11.3 Å². The number of carbonyl (C=O) groups is 1. The molecule has 3 N–H and O–H groups in total. The maximum atomic E-state index is 10.8. The number of carboxylic acids is 1. The van der Waals surface area contributed by atoms with Crippen molar-refractivity contribution in [1.29, 1.82) is 0 Å². The molecule has 16 heavy (non-hydrogen) atoms. The summed E-state index contributed by atoms with van der Waals surface area (Å²) in [6.07, 6.45) is 2.54. The Morgan fingerprint density at radius 1 is 1.62 bits per heavy atom. The van der Waals surface area contributed by atoms with Crippen LogP contribution in [0.3, 0.4) is 0 Å². The molecule has 4 nitrogen and oxygen atoms in total. The van der Waals surface area contributed by atoms with E-state index in [0.717, 1.165) is 12.2 Å². The predicted molar refractivity (Wildman–Crippen MR) is 65.8 cm³/mol. The van der Waals surface area contributed by atoms with E-state index in [1.807, 2.05) is 0 Å². The second-order valence-corrected chi connectivity index (χ2v) is 5.00. The molecule has 0 aromatic carbocycles. The largest absolute Gasteiger partial charge is 0.478 e. The van der Waals surface area contributed by atoms with Crippen LogP contribution in [-0.2, 0) is 0 Å². The van der Waals surface area contributed by atoms with Gasteiger partial charge in [-0.25, -0.2) is 9.78 Å². The third kappa shape index (κ3) is 3.41. The molecular weight excluding hydrogens is 224 g/mol. The van der Waals surface area contributed by atoms with E-state index >= 15 is 0 Å². The maximum absolute atomic E-state index is 10.8. The van der Waals surface area contributed by atoms with Crippen molar-refractivity contribution < 1.29 is 9.90 Å². The molecule has 1 aromatic heterocycles. The van der Waals surface area contributed by atoms with E-state index in [4.69, 9.17) is 10.8 Å². The minimum absolute atomic E-state index is 0.127. The van der Waals surface area contributed by atoms with Gasteiger partial charge in [-0.1, -0.05) is 13.8 Å². The highest BCUT2D eigenvalue weighted by Gasteiger charge is 2.12. The Hall–Kier alpha value is -1.23. The van der Waals surface area contributed by atoms with Crippen molar-refractivity contribution in [2.75, 3.05) is 11.5 Å². The van der Waals surface area contributed by atoms with Crippen LogP contribution < -0.4 is 5.73 Å². The summed E-state index contributed by atoms with van der Waals surface area (Å²) in [6, 6.07) is 1.42. The van der Waals surface area contributed by atoms with Gasteiger partial charge >= 0.3 is 5.97 Å². The first-order valence-corrected chi connectivity index (χ1v) is 6.11. The van der Waals surface area contributed by atoms with Gasteiger partial charge < -0.3 is 10.8 Å². The Labute approximate surface area is 99.3 Å². The summed E-state index contributed by atoms with van der Waals surface area (Å²) in [6.45, 7) is 4.29. The quantitative estimate of drug-likeness (QED) is 0.773. The van der Waals surface area contributed by atoms with Crippen LogP contribution in [-0.4, -0.2) is 21.8 Å². The fourth-order valence-electron chi connectivity index (χ4n) is 1.15. The second kappa shape index (κ2) is 5.75. The molecule has 0 fully saturated rings. The number of nitrogens with two attached hydrogens (primary N) is 1. The number of carboxylic acid groups (broad SMARTS) is 1. The Balaban J connectivity index is 2.73. The molecule has 0 unspecified atom stereocenters. The van der Waals surface area contributed by atoms with Gasteiger partial charge in [0.05, 0.1) is 11.3 Å². The number of rotatable bonds is 5. The Bertz CT molecular complexity index is 380. The number of hydrogen-bond acceptors (Lipinski definition) is 4. The molecule has 1 aromatic rings. The lowest BCUT2D eigenvalue weighted by atomic mass is 10.2. The molecule has 0 amide bonds. The highest BCUT2D eigenvalue weighted by atomic mass is 32.2. The third-order valence-corrected chi connectivity index (χ3v) is 3.16. The molecular formula is C11H16N2O2S. The first kappa shape index (κ1) is 12.8. The van der Waals surface area contributed by atoms with E-state index in [1.54, 1.807) is 0 Å². The number of aromatic nitrogens is 1. The predicted octanol–water partition coefficient (Wildman–Crippen LogP) is 2.50. The minimum Gasteiger partial charge on any atom is -0.478 e. The number of hydrogen-bond donors (Lipinski definition) is 2. The van der Waals surface area contributed by atoms with Crippen LogP contribution in [0.4, 0.5) is 5.69 Å². The van der Waals surface area contributed by atoms with Crippen LogP contribution in [0, 0.1) is 5.92 Å². The van der Waals surface area contributed by atoms with Gasteiger partial charge in [0, 0.05) is 6.20 Å². The molecule has 1 heterocycles. The summed E-state index contributed by atoms with van der Waals surface area (Å²) < 4.78 is 0. The fraction of sp³-hybridized carbons (Fsp3) is 0.455. The molecule has 0 saturated heterocycles. The van der Waals surface area contributed by atoms with Crippen LogP contribution in [0.1, 0.15) is 30.6 Å². The summed E-state index contributed by atoms with van der Waals surface area (Å²) in [5.74, 6) is 0.514. The van der Waals surface area contributed by atoms with E-state index in [9.17, 15) is 4.79 Å². The van der Waals surface area contributed by atoms with Gasteiger partial charge in [0.15, 0.2) is 0 Å². The summed E-state index contributed by atoms with van der Waals surface area (Å²) >= 11 is 1.51. The molecule has 0 radical (unpaired) electrons. The van der Waals surface area contributed by atoms with E-state index in [2.05, 4.69) is 18.8 Å². The summed E-state index contributed by atoms with van der Waals surface area (Å²) in [5, 5.41) is 9.50. The zero-order valence-electron chi connectivity index (χ0n) is 9.43. The number of aromatic carboxylic acids is 1. The number of nitrogens with zero attached hydrogens (tertiary/aromatic N) is 1. The van der Waals surface area contributed by atoms with Gasteiger partial charge in [0.25, 0.3) is 0 Å². The summed E-state index contributed by atoms with van der Waals surface area (Å²) in [7, 11) is 0. The minimum atomic E-state index is -1.01. The zero-order valence-corrected chi connectivity index (χ0v) is 10.3. The standard InChI is InChI=1S/C11H16N2O2S/c1-7(2)4-6-16-10-9(12)8(11(14)15)3-5-13-10/h3,5,7H,4,6,12H2,1-2H3,(H,14,15). The second-order valence-electron chi connectivity index (χ2n) is 3.91. The number of nitrogen functional groups attached to an aromatic ring is 1. The maximum Gasteiger partial charge on any atom is 0.337 e. The summed E-state index contributed by atoms with van der Waals surface area (Å²) in [4.78, 5) is 14.9. The normalized spacial score (nSPS) is 10.7. The Morgan fingerprint density at radius 2 is 2.31 bits per heavy atom. The van der Waals surface area contributed by atoms with Crippen molar-refractivity contribution in [2.45, 2.75) is 25.3 Å². The molecule has 5 heteroatoms. The highest BCUT2D eigenvalue weighted by molar-refractivity contribution is 7.99. The van der Waals surface area contributed by atoms with Crippen molar-refractivity contribution in [2.24, 2.45) is 5.92 Å². The van der Waals surface area contributed by atoms with Gasteiger partial charge in [0.2, 0.25) is 0 Å². The SMILES string of the molecule is CC(C)CCSc1nccc(C(=O)O)c1N. The van der Waals surface area contributed by atoms with Gasteiger partial charge in [-0.15, -0.1) is 11.8 Å². The van der Waals surface area contributed by atoms with Crippen molar-refractivity contribution in [3.05, 3.63) is 17.8 Å². The van der Waals surface area contributed by atoms with Crippen molar-refractivity contribution >= 4 is 23.4 Å². The fourth-order valence-corrected chi connectivity index (χ4v) is 2.33. The van der Waals surface area contributed by atoms with Gasteiger partial charge in [-0.2, -0.15) is 0 Å². The van der Waals surface area contributed by atoms with Gasteiger partial charge in [0.1, 0.15) is 5.03 Å². The Morgan fingerprint density at radius 3 is 2.88 bits per heavy atom. The van der Waals surface area contributed by atoms with Crippen LogP contribution in [0.15, 0.2) is 17.3 Å². The smallest absolute Gasteiger partial charge is 0.337 e. The number of anilines is 1. The van der Waals surface area contributed by atoms with Gasteiger partial charge in [-0.3, -0.25) is 0 Å². The molecule has 88 valence electrons. The highest BCUT2D eigenvalue weighted by Crippen LogP contribution is 2.26. The lowest BCUT2D eigenvalue weighted by Crippen LogP contribution is -2.05. The molecule has 0 aliphatic carbocycles. The van der Waals surface area contributed by atoms with Crippen molar-refractivity contribution in [1.82, 2.24) is 4.98 Å². The lowest BCUT2D eigenvalue weighted by Gasteiger charge is -2.07. The zero-order chi connectivity index (χ0) is 12.1. The summed E-state index contributed by atoms with van der Waals surface area (Å²) in [5.41, 5.74) is 6.13. The van der Waals surface area contributed by atoms with Crippen LogP contribution in [0.25, 0.3) is 0 Å². The first-order valence-electron chi connectivity index (χ1n) is 5.13. The Kier molecular flexibility index (Phi) is 4.61. The topological polar surface area (TPSA) is 76.2 Å². The molecule has 1 rings (SSSR count). The van der Waals surface area contributed by atoms with Crippen LogP contribution >= 0.6 is 11.8 Å². The monoisotopic (exact) mass is 240 g/mol. The van der Waals surface area contributed by atoms with Gasteiger partial charge in [-0.05, 0) is 24.2 Å². The molecule has 0 spiro atoms. The van der Waals surface area contributed by atoms with Crippen molar-refractivity contribution in [3.8, 4) is 0 Å². The van der Waals surface area contributed by atoms with Crippen LogP contribution in [0.5, 0.6) is 0 Å². The average molecular weight is 240 g/mol. The van der Waals surface area contributed by atoms with Crippen LogP contribution in [0.2, 0.25) is 0 Å².